The summed E-state index contributed by atoms with van der Waals surface area (Å²) in [6, 6.07) is -1.94. The van der Waals surface area contributed by atoms with Gasteiger partial charge in [-0.1, -0.05) is 0 Å². The molecule has 100 valence electrons. The number of thiol groups is 1. The molecule has 0 bridgehead atoms. The summed E-state index contributed by atoms with van der Waals surface area (Å²) in [5.41, 5.74) is 9.93. The van der Waals surface area contributed by atoms with Gasteiger partial charge in [-0.3, -0.25) is 14.4 Å². The van der Waals surface area contributed by atoms with E-state index in [1.54, 1.807) is 0 Å². The van der Waals surface area contributed by atoms with E-state index in [9.17, 15) is 14.4 Å². The Morgan fingerprint density at radius 1 is 1.18 bits per heavy atom. The van der Waals surface area contributed by atoms with E-state index in [4.69, 9.17) is 21.7 Å². The zero-order chi connectivity index (χ0) is 14.0. The van der Waals surface area contributed by atoms with Gasteiger partial charge in [0.1, 0.15) is 18.7 Å². The number of carboxylic acids is 2. The summed E-state index contributed by atoms with van der Waals surface area (Å²) in [7, 11) is 0. The van der Waals surface area contributed by atoms with E-state index in [0.717, 1.165) is 0 Å². The van der Waals surface area contributed by atoms with Crippen molar-refractivity contribution in [1.82, 2.24) is 0 Å². The number of rotatable bonds is 5. The van der Waals surface area contributed by atoms with Gasteiger partial charge in [0.25, 0.3) is 0 Å². The lowest BCUT2D eigenvalue weighted by Gasteiger charge is -2.04. The first kappa shape index (κ1) is 18.1. The summed E-state index contributed by atoms with van der Waals surface area (Å²) in [4.78, 5) is 29.9. The monoisotopic (exact) mass is 268 g/mol. The molecule has 0 heterocycles. The van der Waals surface area contributed by atoms with Gasteiger partial charge < -0.3 is 26.4 Å². The molecule has 1 unspecified atom stereocenters. The third-order valence-electron chi connectivity index (χ3n) is 1.30. The number of hydrogen-bond donors (Lipinski definition) is 5. The predicted molar refractivity (Wildman–Crippen MR) is 61.7 cm³/mol. The summed E-state index contributed by atoms with van der Waals surface area (Å²) in [6.45, 7) is 0.916. The van der Waals surface area contributed by atoms with E-state index in [0.29, 0.717) is 0 Å². The quantitative estimate of drug-likeness (QED) is 0.292. The van der Waals surface area contributed by atoms with E-state index in [-0.39, 0.29) is 12.4 Å². The molecule has 6 N–H and O–H groups in total. The number of carboxylic acid groups (broad SMARTS) is 2. The van der Waals surface area contributed by atoms with Crippen molar-refractivity contribution in [2.24, 2.45) is 11.5 Å². The molecule has 0 aliphatic heterocycles. The average Bonchev–Trinajstić information content (AvgIpc) is 2.24. The fourth-order valence-electron chi connectivity index (χ4n) is 0.357. The van der Waals surface area contributed by atoms with Gasteiger partial charge in [0.2, 0.25) is 0 Å². The van der Waals surface area contributed by atoms with Crippen molar-refractivity contribution in [1.29, 1.82) is 0 Å². The highest BCUT2D eigenvalue weighted by atomic mass is 32.1. The number of aliphatic carboxylic acids is 2. The van der Waals surface area contributed by atoms with Crippen molar-refractivity contribution in [3.8, 4) is 0 Å². The molecular weight excluding hydrogens is 252 g/mol. The van der Waals surface area contributed by atoms with Crippen molar-refractivity contribution in [3.05, 3.63) is 0 Å². The van der Waals surface area contributed by atoms with Gasteiger partial charge >= 0.3 is 17.9 Å². The summed E-state index contributed by atoms with van der Waals surface area (Å²) in [5, 5.41) is 16.2. The van der Waals surface area contributed by atoms with Gasteiger partial charge in [-0.05, 0) is 0 Å². The first-order valence-corrected chi connectivity index (χ1v) is 5.06. The summed E-state index contributed by atoms with van der Waals surface area (Å²) in [6.07, 6.45) is 0. The van der Waals surface area contributed by atoms with E-state index >= 15 is 0 Å². The molecule has 0 radical (unpaired) electrons. The molecule has 0 saturated carbocycles. The maximum Gasteiger partial charge on any atom is 0.324 e. The Labute approximate surface area is 103 Å². The second-order valence-corrected chi connectivity index (χ2v) is 3.24. The van der Waals surface area contributed by atoms with Crippen molar-refractivity contribution in [2.75, 3.05) is 12.4 Å². The fraction of sp³-hybridized carbons (Fsp3) is 0.625. The Balaban J connectivity index is 0. The van der Waals surface area contributed by atoms with Crippen LogP contribution in [-0.4, -0.2) is 52.6 Å². The third-order valence-corrected chi connectivity index (χ3v) is 1.69. The van der Waals surface area contributed by atoms with Crippen LogP contribution in [0.1, 0.15) is 6.92 Å². The zero-order valence-corrected chi connectivity index (χ0v) is 10.1. The van der Waals surface area contributed by atoms with Crippen LogP contribution in [-0.2, 0) is 19.1 Å². The van der Waals surface area contributed by atoms with Crippen LogP contribution in [0.15, 0.2) is 0 Å². The zero-order valence-electron chi connectivity index (χ0n) is 9.20. The van der Waals surface area contributed by atoms with Gasteiger partial charge in [-0.15, -0.1) is 0 Å². The first-order chi connectivity index (χ1) is 7.72. The van der Waals surface area contributed by atoms with Crippen LogP contribution >= 0.6 is 12.6 Å². The van der Waals surface area contributed by atoms with Crippen LogP contribution in [0.3, 0.4) is 0 Å². The smallest absolute Gasteiger partial charge is 0.324 e. The lowest BCUT2D eigenvalue weighted by atomic mass is 10.3. The molecule has 0 aromatic heterocycles. The summed E-state index contributed by atoms with van der Waals surface area (Å²) in [5.74, 6) is -2.53. The SMILES string of the molecule is CC(=O)OC[C@H](N)C(=O)O.NC(CS)C(=O)O. The van der Waals surface area contributed by atoms with Crippen molar-refractivity contribution in [2.45, 2.75) is 19.0 Å². The minimum absolute atomic E-state index is 0.190. The number of ether oxygens (including phenoxy) is 1. The van der Waals surface area contributed by atoms with Crippen LogP contribution in [0.4, 0.5) is 0 Å². The molecule has 0 aliphatic carbocycles. The third kappa shape index (κ3) is 12.6. The molecule has 0 fully saturated rings. The molecule has 0 spiro atoms. The van der Waals surface area contributed by atoms with Crippen molar-refractivity contribution >= 4 is 30.5 Å². The average molecular weight is 268 g/mol. The second-order valence-electron chi connectivity index (χ2n) is 2.87. The van der Waals surface area contributed by atoms with Gasteiger partial charge in [0, 0.05) is 12.7 Å². The molecule has 0 aromatic carbocycles. The van der Waals surface area contributed by atoms with Crippen LogP contribution in [0.2, 0.25) is 0 Å². The topological polar surface area (TPSA) is 153 Å². The second kappa shape index (κ2) is 9.87. The molecule has 0 aliphatic rings. The standard InChI is InChI=1S/C5H9NO4.C3H7NO2S/c1-3(7)10-2-4(6)5(8)9;4-2(1-7)3(5)6/h4H,2,6H2,1H3,(H,8,9);2,7H,1,4H2,(H,5,6)/t4-;/m0./s1. The Hall–Kier alpha value is -1.32. The maximum atomic E-state index is 10.1. The molecule has 2 atom stereocenters. The van der Waals surface area contributed by atoms with E-state index < -0.39 is 30.0 Å². The molecule has 0 saturated heterocycles. The number of nitrogens with two attached hydrogens (primary N) is 2. The van der Waals surface area contributed by atoms with Gasteiger partial charge in [0.15, 0.2) is 0 Å². The van der Waals surface area contributed by atoms with E-state index in [2.05, 4.69) is 17.4 Å². The normalized spacial score (nSPS) is 12.7. The Morgan fingerprint density at radius 2 is 1.59 bits per heavy atom. The van der Waals surface area contributed by atoms with E-state index in [1.807, 2.05) is 0 Å². The van der Waals surface area contributed by atoms with Gasteiger partial charge in [-0.25, -0.2) is 0 Å². The highest BCUT2D eigenvalue weighted by molar-refractivity contribution is 7.80. The number of carbonyl (C=O) groups excluding carboxylic acids is 1. The lowest BCUT2D eigenvalue weighted by Crippen LogP contribution is -2.35. The van der Waals surface area contributed by atoms with Crippen LogP contribution in [0.5, 0.6) is 0 Å². The minimum Gasteiger partial charge on any atom is -0.480 e. The van der Waals surface area contributed by atoms with Crippen molar-refractivity contribution in [3.63, 3.8) is 0 Å². The Morgan fingerprint density at radius 3 is 1.76 bits per heavy atom. The number of hydrogen-bond acceptors (Lipinski definition) is 7. The van der Waals surface area contributed by atoms with Crippen LogP contribution < -0.4 is 11.5 Å². The van der Waals surface area contributed by atoms with E-state index in [1.165, 1.54) is 6.92 Å². The fourth-order valence-corrected chi connectivity index (χ4v) is 0.513. The summed E-state index contributed by atoms with van der Waals surface area (Å²) >= 11 is 3.65. The highest BCUT2D eigenvalue weighted by Gasteiger charge is 2.11. The van der Waals surface area contributed by atoms with Gasteiger partial charge in [0.05, 0.1) is 0 Å². The molecule has 0 aromatic rings. The van der Waals surface area contributed by atoms with Gasteiger partial charge in [-0.2, -0.15) is 12.6 Å². The molecule has 17 heavy (non-hydrogen) atoms. The maximum absolute atomic E-state index is 10.1. The molecule has 8 nitrogen and oxygen atoms in total. The first-order valence-electron chi connectivity index (χ1n) is 4.43. The molecular formula is C8H16N2O6S. The largest absolute Gasteiger partial charge is 0.480 e. The molecule has 9 heteroatoms. The minimum atomic E-state index is -1.18. The lowest BCUT2D eigenvalue weighted by molar-refractivity contribution is -0.146. The number of carbonyl (C=O) groups is 3. The van der Waals surface area contributed by atoms with Crippen LogP contribution in [0, 0.1) is 0 Å². The van der Waals surface area contributed by atoms with Crippen LogP contribution in [0.25, 0.3) is 0 Å². The highest BCUT2D eigenvalue weighted by Crippen LogP contribution is 1.82. The molecule has 0 rings (SSSR count). The predicted octanol–water partition coefficient (Wildman–Crippen LogP) is -1.71. The summed E-state index contributed by atoms with van der Waals surface area (Å²) < 4.78 is 4.32. The van der Waals surface area contributed by atoms with Crippen molar-refractivity contribution < 1.29 is 29.3 Å². The molecule has 0 amide bonds. The Kier molecular flexibility index (Phi) is 10.5. The Bertz CT molecular complexity index is 273. The number of esters is 1.